The molecule has 1 amide bonds. The number of nitrogens with zero attached hydrogens (tertiary/aromatic N) is 4. The van der Waals surface area contributed by atoms with Crippen molar-refractivity contribution in [2.75, 3.05) is 0 Å². The van der Waals surface area contributed by atoms with Crippen LogP contribution in [0.2, 0.25) is 0 Å². The van der Waals surface area contributed by atoms with Gasteiger partial charge in [-0.3, -0.25) is 9.59 Å². The van der Waals surface area contributed by atoms with E-state index in [-0.39, 0.29) is 11.5 Å². The third-order valence-electron chi connectivity index (χ3n) is 5.43. The van der Waals surface area contributed by atoms with Gasteiger partial charge in [-0.25, -0.2) is 9.36 Å². The molecule has 7 heteroatoms. The molecule has 0 aliphatic carbocycles. The number of amides is 1. The highest BCUT2D eigenvalue weighted by Gasteiger charge is 2.25. The van der Waals surface area contributed by atoms with Gasteiger partial charge in [-0.2, -0.15) is 10.2 Å². The van der Waals surface area contributed by atoms with Crippen molar-refractivity contribution in [2.24, 2.45) is 0 Å². The number of carbonyl (C=O) groups excluding carboxylic acids is 1. The highest BCUT2D eigenvalue weighted by molar-refractivity contribution is 5.84. The van der Waals surface area contributed by atoms with Crippen LogP contribution in [0.25, 0.3) is 16.6 Å². The van der Waals surface area contributed by atoms with Gasteiger partial charge in [-0.1, -0.05) is 55.5 Å². The summed E-state index contributed by atoms with van der Waals surface area (Å²) in [6.07, 6.45) is 0.449. The maximum Gasteiger partial charge on any atom is 0.278 e. The SMILES string of the molecule is CC[C@H](C(=O)NCc1ccccc1)n1nc(C)c2nn(-c3ccccc3)c(C)c2c1=O. The zero-order valence-corrected chi connectivity index (χ0v) is 17.9. The predicted molar refractivity (Wildman–Crippen MR) is 120 cm³/mol. The first-order valence-electron chi connectivity index (χ1n) is 10.4. The zero-order chi connectivity index (χ0) is 22.0. The van der Waals surface area contributed by atoms with Crippen LogP contribution in [0.3, 0.4) is 0 Å². The minimum atomic E-state index is -0.696. The number of aryl methyl sites for hydroxylation is 2. The van der Waals surface area contributed by atoms with E-state index in [0.717, 1.165) is 16.9 Å². The molecule has 0 saturated carbocycles. The van der Waals surface area contributed by atoms with E-state index in [1.54, 1.807) is 4.68 Å². The summed E-state index contributed by atoms with van der Waals surface area (Å²) in [5, 5.41) is 12.5. The Morgan fingerprint density at radius 1 is 1.00 bits per heavy atom. The lowest BCUT2D eigenvalue weighted by molar-refractivity contribution is -0.125. The molecular weight excluding hydrogens is 390 g/mol. The van der Waals surface area contributed by atoms with Crippen LogP contribution in [0.15, 0.2) is 65.5 Å². The van der Waals surface area contributed by atoms with Gasteiger partial charge in [-0.15, -0.1) is 0 Å². The molecule has 2 heterocycles. The zero-order valence-electron chi connectivity index (χ0n) is 17.9. The highest BCUT2D eigenvalue weighted by atomic mass is 16.2. The van der Waals surface area contributed by atoms with E-state index < -0.39 is 6.04 Å². The Morgan fingerprint density at radius 3 is 2.29 bits per heavy atom. The molecular formula is C24H25N5O2. The van der Waals surface area contributed by atoms with Crippen molar-refractivity contribution in [2.45, 2.75) is 39.8 Å². The highest BCUT2D eigenvalue weighted by Crippen LogP contribution is 2.21. The van der Waals surface area contributed by atoms with Gasteiger partial charge in [0.15, 0.2) is 0 Å². The van der Waals surface area contributed by atoms with Crippen LogP contribution in [-0.2, 0) is 11.3 Å². The van der Waals surface area contributed by atoms with Gasteiger partial charge in [0.25, 0.3) is 5.56 Å². The third-order valence-corrected chi connectivity index (χ3v) is 5.43. The topological polar surface area (TPSA) is 81.8 Å². The second kappa shape index (κ2) is 8.55. The molecule has 0 spiro atoms. The van der Waals surface area contributed by atoms with Gasteiger partial charge < -0.3 is 5.32 Å². The Bertz CT molecular complexity index is 1280. The molecule has 0 bridgehead atoms. The first-order valence-corrected chi connectivity index (χ1v) is 10.4. The number of carbonyl (C=O) groups is 1. The van der Waals surface area contributed by atoms with Gasteiger partial charge in [0.2, 0.25) is 5.91 Å². The lowest BCUT2D eigenvalue weighted by Crippen LogP contribution is -2.38. The summed E-state index contributed by atoms with van der Waals surface area (Å²) in [5.41, 5.74) is 3.46. The fourth-order valence-electron chi connectivity index (χ4n) is 3.78. The van der Waals surface area contributed by atoms with E-state index in [2.05, 4.69) is 15.5 Å². The molecule has 0 radical (unpaired) electrons. The molecule has 2 aromatic heterocycles. The predicted octanol–water partition coefficient (Wildman–Crippen LogP) is 3.47. The second-order valence-electron chi connectivity index (χ2n) is 7.52. The Hall–Kier alpha value is -3.74. The van der Waals surface area contributed by atoms with E-state index in [9.17, 15) is 9.59 Å². The Morgan fingerprint density at radius 2 is 1.65 bits per heavy atom. The average Bonchev–Trinajstić information content (AvgIpc) is 3.15. The molecule has 31 heavy (non-hydrogen) atoms. The minimum absolute atomic E-state index is 0.229. The second-order valence-corrected chi connectivity index (χ2v) is 7.52. The van der Waals surface area contributed by atoms with Crippen LogP contribution in [0.1, 0.15) is 36.3 Å². The summed E-state index contributed by atoms with van der Waals surface area (Å²) in [6.45, 7) is 5.95. The van der Waals surface area contributed by atoms with E-state index in [0.29, 0.717) is 29.6 Å². The number of fused-ring (bicyclic) bond motifs is 1. The Balaban J connectivity index is 1.73. The summed E-state index contributed by atoms with van der Waals surface area (Å²) in [6, 6.07) is 18.6. The molecule has 0 aliphatic rings. The van der Waals surface area contributed by atoms with Crippen LogP contribution < -0.4 is 10.9 Å². The molecule has 4 aromatic rings. The molecule has 0 aliphatic heterocycles. The minimum Gasteiger partial charge on any atom is -0.350 e. The van der Waals surface area contributed by atoms with Crippen molar-refractivity contribution in [3.05, 3.63) is 88.0 Å². The molecule has 0 saturated heterocycles. The number of para-hydroxylation sites is 1. The van der Waals surface area contributed by atoms with Gasteiger partial charge >= 0.3 is 0 Å². The molecule has 1 atom stereocenters. The number of hydrogen-bond acceptors (Lipinski definition) is 4. The van der Waals surface area contributed by atoms with Gasteiger partial charge in [0, 0.05) is 6.54 Å². The molecule has 7 nitrogen and oxygen atoms in total. The van der Waals surface area contributed by atoms with Crippen molar-refractivity contribution in [3.63, 3.8) is 0 Å². The van der Waals surface area contributed by atoms with Crippen molar-refractivity contribution in [1.29, 1.82) is 0 Å². The number of aromatic nitrogens is 4. The molecule has 4 rings (SSSR count). The van der Waals surface area contributed by atoms with Crippen molar-refractivity contribution in [1.82, 2.24) is 24.9 Å². The van der Waals surface area contributed by atoms with E-state index >= 15 is 0 Å². The van der Waals surface area contributed by atoms with Gasteiger partial charge in [0.1, 0.15) is 11.6 Å². The fraction of sp³-hybridized carbons (Fsp3) is 0.250. The summed E-state index contributed by atoms with van der Waals surface area (Å²) >= 11 is 0. The number of benzene rings is 2. The quantitative estimate of drug-likeness (QED) is 0.523. The third kappa shape index (κ3) is 3.86. The molecule has 0 fully saturated rings. The summed E-state index contributed by atoms with van der Waals surface area (Å²) in [5.74, 6) is -0.229. The first-order chi connectivity index (χ1) is 15.0. The Kier molecular flexibility index (Phi) is 5.66. The standard InChI is InChI=1S/C24H25N5O2/c1-4-20(23(30)25-15-18-11-7-5-8-12-18)29-24(31)21-17(3)28(19-13-9-6-10-14-19)27-22(21)16(2)26-29/h5-14,20H,4,15H2,1-3H3,(H,25,30)/t20-/m1/s1. The largest absolute Gasteiger partial charge is 0.350 e. The van der Waals surface area contributed by atoms with Crippen molar-refractivity contribution in [3.8, 4) is 5.69 Å². The first kappa shape index (κ1) is 20.5. The lowest BCUT2D eigenvalue weighted by Gasteiger charge is -2.17. The van der Waals surface area contributed by atoms with Crippen LogP contribution >= 0.6 is 0 Å². The number of nitrogens with one attached hydrogen (secondary N) is 1. The summed E-state index contributed by atoms with van der Waals surface area (Å²) < 4.78 is 3.06. The van der Waals surface area contributed by atoms with Crippen LogP contribution in [0.4, 0.5) is 0 Å². The van der Waals surface area contributed by atoms with E-state index in [1.165, 1.54) is 4.68 Å². The Labute approximate surface area is 180 Å². The van der Waals surface area contributed by atoms with Crippen molar-refractivity contribution < 1.29 is 4.79 Å². The number of rotatable bonds is 6. The van der Waals surface area contributed by atoms with Gasteiger partial charge in [-0.05, 0) is 38.0 Å². The molecule has 0 unspecified atom stereocenters. The smallest absolute Gasteiger partial charge is 0.278 e. The summed E-state index contributed by atoms with van der Waals surface area (Å²) in [7, 11) is 0. The van der Waals surface area contributed by atoms with E-state index in [1.807, 2.05) is 81.4 Å². The molecule has 2 aromatic carbocycles. The summed E-state index contributed by atoms with van der Waals surface area (Å²) in [4.78, 5) is 26.3. The maximum absolute atomic E-state index is 13.4. The fourth-order valence-corrected chi connectivity index (χ4v) is 3.78. The average molecular weight is 415 g/mol. The van der Waals surface area contributed by atoms with E-state index in [4.69, 9.17) is 0 Å². The molecule has 1 N–H and O–H groups in total. The van der Waals surface area contributed by atoms with Crippen LogP contribution in [0.5, 0.6) is 0 Å². The normalized spacial score (nSPS) is 12.1. The van der Waals surface area contributed by atoms with Crippen LogP contribution in [-0.4, -0.2) is 25.5 Å². The lowest BCUT2D eigenvalue weighted by atomic mass is 10.1. The molecule has 158 valence electrons. The maximum atomic E-state index is 13.4. The van der Waals surface area contributed by atoms with Crippen LogP contribution in [0, 0.1) is 13.8 Å². The van der Waals surface area contributed by atoms with Crippen molar-refractivity contribution >= 4 is 16.8 Å². The number of hydrogen-bond donors (Lipinski definition) is 1. The van der Waals surface area contributed by atoms with Gasteiger partial charge in [0.05, 0.1) is 22.5 Å². The monoisotopic (exact) mass is 415 g/mol.